The van der Waals surface area contributed by atoms with E-state index in [1.165, 1.54) is 11.1 Å². The van der Waals surface area contributed by atoms with Crippen molar-refractivity contribution >= 4 is 33.0 Å². The van der Waals surface area contributed by atoms with Crippen LogP contribution in [0.3, 0.4) is 0 Å². The summed E-state index contributed by atoms with van der Waals surface area (Å²) in [6, 6.07) is 13.2. The Morgan fingerprint density at radius 2 is 1.92 bits per heavy atom. The van der Waals surface area contributed by atoms with Gasteiger partial charge in [0.25, 0.3) is 0 Å². The molecule has 2 nitrogen and oxygen atoms in total. The van der Waals surface area contributed by atoms with Crippen molar-refractivity contribution in [3.05, 3.63) is 68.6 Å². The van der Waals surface area contributed by atoms with Crippen LogP contribution in [-0.4, -0.2) is 18.5 Å². The maximum atomic E-state index is 6.37. The van der Waals surface area contributed by atoms with E-state index >= 15 is 0 Å². The zero-order valence-electron chi connectivity index (χ0n) is 15.0. The predicted octanol–water partition coefficient (Wildman–Crippen LogP) is 4.96. The summed E-state index contributed by atoms with van der Waals surface area (Å²) < 4.78 is 1.14. The van der Waals surface area contributed by atoms with Gasteiger partial charge in [0.05, 0.1) is 5.02 Å². The van der Waals surface area contributed by atoms with E-state index < -0.39 is 0 Å². The summed E-state index contributed by atoms with van der Waals surface area (Å²) in [5.74, 6) is 6.63. The van der Waals surface area contributed by atoms with Crippen LogP contribution < -0.4 is 5.73 Å². The van der Waals surface area contributed by atoms with Gasteiger partial charge in [-0.15, -0.1) is 11.3 Å². The molecule has 26 heavy (non-hydrogen) atoms. The lowest BCUT2D eigenvalue weighted by molar-refractivity contribution is 0.247. The number of rotatable bonds is 1. The molecule has 0 fully saturated rings. The van der Waals surface area contributed by atoms with Gasteiger partial charge >= 0.3 is 0 Å². The van der Waals surface area contributed by atoms with Gasteiger partial charge in [-0.1, -0.05) is 35.6 Å². The molecule has 0 radical (unpaired) electrons. The van der Waals surface area contributed by atoms with E-state index in [4.69, 9.17) is 17.3 Å². The van der Waals surface area contributed by atoms with Gasteiger partial charge in [-0.25, -0.2) is 0 Å². The summed E-state index contributed by atoms with van der Waals surface area (Å²) in [7, 11) is 2.18. The largest absolute Gasteiger partial charge is 0.326 e. The highest BCUT2D eigenvalue weighted by Gasteiger charge is 2.20. The lowest BCUT2D eigenvalue weighted by Gasteiger charge is -2.32. The molecule has 1 aliphatic heterocycles. The minimum absolute atomic E-state index is 0.444. The summed E-state index contributed by atoms with van der Waals surface area (Å²) in [4.78, 5) is 3.42. The van der Waals surface area contributed by atoms with Crippen LogP contribution in [0.2, 0.25) is 5.02 Å². The molecule has 2 heterocycles. The number of likely N-dealkylation sites (N-methyl/N-ethyl adjacent to an activating group) is 1. The van der Waals surface area contributed by atoms with E-state index in [1.807, 2.05) is 12.1 Å². The number of nitrogens with two attached hydrogens (primary N) is 1. The van der Waals surface area contributed by atoms with Crippen molar-refractivity contribution in [2.45, 2.75) is 25.9 Å². The highest BCUT2D eigenvalue weighted by atomic mass is 35.5. The van der Waals surface area contributed by atoms with Crippen LogP contribution in [0.1, 0.15) is 40.1 Å². The zero-order chi connectivity index (χ0) is 18.3. The predicted molar refractivity (Wildman–Crippen MR) is 112 cm³/mol. The van der Waals surface area contributed by atoms with E-state index in [-0.39, 0.29) is 0 Å². The fourth-order valence-electron chi connectivity index (χ4n) is 3.49. The van der Waals surface area contributed by atoms with Crippen molar-refractivity contribution in [3.63, 3.8) is 0 Å². The fourth-order valence-corrected chi connectivity index (χ4v) is 4.91. The Labute approximate surface area is 163 Å². The van der Waals surface area contributed by atoms with Crippen LogP contribution in [0.4, 0.5) is 0 Å². The quantitative estimate of drug-likeness (QED) is 0.604. The second-order valence-electron chi connectivity index (χ2n) is 6.82. The highest BCUT2D eigenvalue weighted by Crippen LogP contribution is 2.35. The van der Waals surface area contributed by atoms with Gasteiger partial charge in [-0.2, -0.15) is 0 Å². The Bertz CT molecular complexity index is 1040. The molecule has 0 aliphatic carbocycles. The first kappa shape index (κ1) is 17.6. The molecular weight excluding hydrogens is 360 g/mol. The summed E-state index contributed by atoms with van der Waals surface area (Å²) in [5, 5.41) is 1.84. The van der Waals surface area contributed by atoms with Gasteiger partial charge in [0.2, 0.25) is 0 Å². The number of thiophene rings is 1. The maximum absolute atomic E-state index is 6.37. The van der Waals surface area contributed by atoms with Crippen LogP contribution in [0.5, 0.6) is 0 Å². The third-order valence-corrected chi connectivity index (χ3v) is 6.94. The zero-order valence-corrected chi connectivity index (χ0v) is 16.5. The van der Waals surface area contributed by atoms with Gasteiger partial charge < -0.3 is 5.73 Å². The average Bonchev–Trinajstić information content (AvgIpc) is 2.98. The molecule has 3 aromatic rings. The van der Waals surface area contributed by atoms with Crippen molar-refractivity contribution in [2.24, 2.45) is 5.73 Å². The van der Waals surface area contributed by atoms with Crippen molar-refractivity contribution in [1.82, 2.24) is 4.90 Å². The van der Waals surface area contributed by atoms with Gasteiger partial charge in [0.15, 0.2) is 0 Å². The van der Waals surface area contributed by atoms with Crippen LogP contribution in [0.15, 0.2) is 36.4 Å². The number of halogens is 1. The standard InChI is InChI=1S/C22H21ClN2S/c1-14-19-11-15(5-7-17(19)9-10-25(14)2)3-4-16-6-8-18-20(12-16)26-21(13-24)22(18)23/h5-8,11-12,14H,9-10,13,24H2,1-2H3. The second kappa shape index (κ2) is 7.06. The molecule has 0 amide bonds. The molecule has 2 N–H and O–H groups in total. The molecule has 0 spiro atoms. The fraction of sp³-hybridized carbons (Fsp3) is 0.273. The molecule has 1 aromatic heterocycles. The molecule has 4 rings (SSSR count). The highest BCUT2D eigenvalue weighted by molar-refractivity contribution is 7.19. The molecule has 1 unspecified atom stereocenters. The van der Waals surface area contributed by atoms with Crippen molar-refractivity contribution in [2.75, 3.05) is 13.6 Å². The van der Waals surface area contributed by atoms with E-state index in [0.717, 1.165) is 44.1 Å². The van der Waals surface area contributed by atoms with Gasteiger partial charge in [0.1, 0.15) is 0 Å². The smallest absolute Gasteiger partial charge is 0.0636 e. The molecule has 1 atom stereocenters. The normalized spacial score (nSPS) is 17.0. The molecule has 2 aromatic carbocycles. The monoisotopic (exact) mass is 380 g/mol. The minimum atomic E-state index is 0.444. The van der Waals surface area contributed by atoms with Gasteiger partial charge in [0, 0.05) is 45.2 Å². The van der Waals surface area contributed by atoms with E-state index in [1.54, 1.807) is 11.3 Å². The van der Waals surface area contributed by atoms with Crippen LogP contribution in [0.25, 0.3) is 10.1 Å². The molecule has 132 valence electrons. The first-order chi connectivity index (χ1) is 12.6. The molecule has 1 aliphatic rings. The Hall–Kier alpha value is -1.83. The summed E-state index contributed by atoms with van der Waals surface area (Å²) in [5.41, 5.74) is 10.7. The second-order valence-corrected chi connectivity index (χ2v) is 8.34. The summed E-state index contributed by atoms with van der Waals surface area (Å²) in [6.07, 6.45) is 1.11. The van der Waals surface area contributed by atoms with E-state index in [9.17, 15) is 0 Å². The lowest BCUT2D eigenvalue weighted by atomic mass is 9.92. The first-order valence-electron chi connectivity index (χ1n) is 8.83. The first-order valence-corrected chi connectivity index (χ1v) is 10.0. The van der Waals surface area contributed by atoms with E-state index in [2.05, 4.69) is 55.0 Å². The lowest BCUT2D eigenvalue weighted by Crippen LogP contribution is -2.30. The Morgan fingerprint density at radius 3 is 2.69 bits per heavy atom. The van der Waals surface area contributed by atoms with Crippen molar-refractivity contribution in [3.8, 4) is 11.8 Å². The molecule has 0 saturated heterocycles. The Morgan fingerprint density at radius 1 is 1.19 bits per heavy atom. The number of hydrogen-bond acceptors (Lipinski definition) is 3. The molecule has 0 bridgehead atoms. The molecule has 0 saturated carbocycles. The summed E-state index contributed by atoms with van der Waals surface area (Å²) in [6.45, 7) is 3.85. The van der Waals surface area contributed by atoms with Crippen LogP contribution in [-0.2, 0) is 13.0 Å². The van der Waals surface area contributed by atoms with Crippen molar-refractivity contribution < 1.29 is 0 Å². The topological polar surface area (TPSA) is 29.3 Å². The Kier molecular flexibility index (Phi) is 4.77. The third kappa shape index (κ3) is 3.15. The SMILES string of the molecule is CC1c2cc(C#Cc3ccc4c(Cl)c(CN)sc4c3)ccc2CCN1C. The third-order valence-electron chi connectivity index (χ3n) is 5.22. The molecular formula is C22H21ClN2S. The number of benzene rings is 2. The van der Waals surface area contributed by atoms with Crippen molar-refractivity contribution in [1.29, 1.82) is 0 Å². The minimum Gasteiger partial charge on any atom is -0.326 e. The number of hydrogen-bond donors (Lipinski definition) is 1. The Balaban J connectivity index is 1.67. The maximum Gasteiger partial charge on any atom is 0.0636 e. The van der Waals surface area contributed by atoms with Crippen LogP contribution >= 0.6 is 22.9 Å². The van der Waals surface area contributed by atoms with Crippen LogP contribution in [0, 0.1) is 11.8 Å². The van der Waals surface area contributed by atoms with Gasteiger partial charge in [-0.05, 0) is 55.8 Å². The van der Waals surface area contributed by atoms with E-state index in [0.29, 0.717) is 12.6 Å². The number of fused-ring (bicyclic) bond motifs is 2. The van der Waals surface area contributed by atoms with Gasteiger partial charge in [-0.3, -0.25) is 4.90 Å². The number of nitrogens with zero attached hydrogens (tertiary/aromatic N) is 1. The molecule has 4 heteroatoms. The summed E-state index contributed by atoms with van der Waals surface area (Å²) >= 11 is 8.01. The average molecular weight is 381 g/mol.